The highest BCUT2D eigenvalue weighted by atomic mass is 19.1. The van der Waals surface area contributed by atoms with Gasteiger partial charge in [0.2, 0.25) is 0 Å². The predicted octanol–water partition coefficient (Wildman–Crippen LogP) is 4.21. The van der Waals surface area contributed by atoms with Crippen molar-refractivity contribution < 1.29 is 9.13 Å². The first-order valence-corrected chi connectivity index (χ1v) is 6.17. The molecule has 1 aliphatic carbocycles. The molecule has 0 unspecified atom stereocenters. The second kappa shape index (κ2) is 6.20. The lowest BCUT2D eigenvalue weighted by Crippen LogP contribution is -2.03. The van der Waals surface area contributed by atoms with Crippen LogP contribution in [0.4, 0.5) is 4.39 Å². The van der Waals surface area contributed by atoms with Crippen LogP contribution in [0, 0.1) is 5.82 Å². The highest BCUT2D eigenvalue weighted by molar-refractivity contribution is 5.31. The Bertz CT molecular complexity index is 486. The lowest BCUT2D eigenvalue weighted by molar-refractivity contribution is 0.334. The number of halogens is 1. The van der Waals surface area contributed by atoms with Gasteiger partial charge in [-0.3, -0.25) is 0 Å². The fourth-order valence-electron chi connectivity index (χ4n) is 1.89. The van der Waals surface area contributed by atoms with E-state index in [-0.39, 0.29) is 5.82 Å². The maximum Gasteiger partial charge on any atom is 0.165 e. The van der Waals surface area contributed by atoms with Crippen LogP contribution in [0.2, 0.25) is 0 Å². The highest BCUT2D eigenvalue weighted by Crippen LogP contribution is 2.20. The van der Waals surface area contributed by atoms with E-state index in [1.165, 1.54) is 6.07 Å². The third kappa shape index (κ3) is 3.33. The van der Waals surface area contributed by atoms with E-state index in [4.69, 9.17) is 4.74 Å². The van der Waals surface area contributed by atoms with Crippen molar-refractivity contribution in [1.82, 2.24) is 0 Å². The number of ether oxygens (including phenoxy) is 1. The van der Waals surface area contributed by atoms with E-state index in [9.17, 15) is 4.39 Å². The molecule has 0 bridgehead atoms. The molecule has 0 saturated heterocycles. The maximum absolute atomic E-state index is 13.7. The standard InChI is InChI=1S/C16H17FO/c1-2-6-13-9-10-16(15(17)11-13)18-12-14-7-4-3-5-8-14/h2,4,7-11H,1,3,5-6,12H2. The fraction of sp³-hybridized carbons (Fsp3) is 0.250. The Labute approximate surface area is 107 Å². The zero-order valence-electron chi connectivity index (χ0n) is 10.4. The van der Waals surface area contributed by atoms with E-state index in [1.54, 1.807) is 12.1 Å². The Hall–Kier alpha value is -1.83. The summed E-state index contributed by atoms with van der Waals surface area (Å²) in [6, 6.07) is 5.05. The molecule has 2 rings (SSSR count). The zero-order valence-corrected chi connectivity index (χ0v) is 10.4. The van der Waals surface area contributed by atoms with Crippen molar-refractivity contribution in [3.63, 3.8) is 0 Å². The summed E-state index contributed by atoms with van der Waals surface area (Å²) in [7, 11) is 0. The predicted molar refractivity (Wildman–Crippen MR) is 72.3 cm³/mol. The van der Waals surface area contributed by atoms with Gasteiger partial charge in [-0.1, -0.05) is 30.4 Å². The Balaban J connectivity index is 1.99. The lowest BCUT2D eigenvalue weighted by Gasteiger charge is -2.10. The van der Waals surface area contributed by atoms with E-state index in [0.717, 1.165) is 24.0 Å². The van der Waals surface area contributed by atoms with E-state index in [0.29, 0.717) is 18.8 Å². The SMILES string of the molecule is C=CCc1ccc(OCC2=CCCC=C2)c(F)c1. The molecule has 0 aliphatic heterocycles. The van der Waals surface area contributed by atoms with Crippen LogP contribution in [0.25, 0.3) is 0 Å². The van der Waals surface area contributed by atoms with Gasteiger partial charge in [0.25, 0.3) is 0 Å². The summed E-state index contributed by atoms with van der Waals surface area (Å²) >= 11 is 0. The quantitative estimate of drug-likeness (QED) is 0.705. The lowest BCUT2D eigenvalue weighted by atomic mass is 10.1. The topological polar surface area (TPSA) is 9.23 Å². The minimum atomic E-state index is -0.310. The minimum absolute atomic E-state index is 0.308. The van der Waals surface area contributed by atoms with Crippen LogP contribution in [0.15, 0.2) is 54.7 Å². The molecule has 0 N–H and O–H groups in total. The molecule has 0 amide bonds. The number of allylic oxidation sites excluding steroid dienone is 3. The molecule has 18 heavy (non-hydrogen) atoms. The molecule has 1 aromatic carbocycles. The van der Waals surface area contributed by atoms with Gasteiger partial charge in [-0.15, -0.1) is 6.58 Å². The molecule has 1 aliphatic rings. The normalized spacial score (nSPS) is 14.2. The maximum atomic E-state index is 13.7. The fourth-order valence-corrected chi connectivity index (χ4v) is 1.89. The molecular weight excluding hydrogens is 227 g/mol. The van der Waals surface area contributed by atoms with Gasteiger partial charge in [-0.25, -0.2) is 4.39 Å². The summed E-state index contributed by atoms with van der Waals surface area (Å²) in [5.41, 5.74) is 2.02. The largest absolute Gasteiger partial charge is 0.486 e. The summed E-state index contributed by atoms with van der Waals surface area (Å²) in [4.78, 5) is 0. The summed E-state index contributed by atoms with van der Waals surface area (Å²) < 4.78 is 19.2. The first-order valence-electron chi connectivity index (χ1n) is 6.17. The molecule has 94 valence electrons. The van der Waals surface area contributed by atoms with E-state index in [1.807, 2.05) is 12.1 Å². The smallest absolute Gasteiger partial charge is 0.165 e. The van der Waals surface area contributed by atoms with Gasteiger partial charge < -0.3 is 4.74 Å². The second-order valence-electron chi connectivity index (χ2n) is 4.31. The van der Waals surface area contributed by atoms with Gasteiger partial charge in [-0.05, 0) is 42.5 Å². The molecule has 0 atom stereocenters. The summed E-state index contributed by atoms with van der Waals surface area (Å²) in [6.45, 7) is 4.06. The zero-order chi connectivity index (χ0) is 12.8. The van der Waals surface area contributed by atoms with E-state index >= 15 is 0 Å². The van der Waals surface area contributed by atoms with Crippen LogP contribution in [0.3, 0.4) is 0 Å². The van der Waals surface area contributed by atoms with E-state index in [2.05, 4.69) is 18.7 Å². The van der Waals surface area contributed by atoms with Crippen LogP contribution < -0.4 is 4.74 Å². The third-order valence-corrected chi connectivity index (χ3v) is 2.84. The van der Waals surface area contributed by atoms with Gasteiger partial charge in [-0.2, -0.15) is 0 Å². The van der Waals surface area contributed by atoms with Crippen LogP contribution in [-0.4, -0.2) is 6.61 Å². The molecule has 0 spiro atoms. The molecule has 0 radical (unpaired) electrons. The molecule has 1 nitrogen and oxygen atoms in total. The average Bonchev–Trinajstić information content (AvgIpc) is 2.39. The number of benzene rings is 1. The monoisotopic (exact) mass is 244 g/mol. The Kier molecular flexibility index (Phi) is 4.35. The average molecular weight is 244 g/mol. The van der Waals surface area contributed by atoms with Crippen molar-refractivity contribution >= 4 is 0 Å². The second-order valence-corrected chi connectivity index (χ2v) is 4.31. The van der Waals surface area contributed by atoms with Crippen molar-refractivity contribution in [2.24, 2.45) is 0 Å². The van der Waals surface area contributed by atoms with Crippen molar-refractivity contribution in [2.75, 3.05) is 6.61 Å². The van der Waals surface area contributed by atoms with E-state index < -0.39 is 0 Å². The van der Waals surface area contributed by atoms with Gasteiger partial charge in [0, 0.05) is 0 Å². The molecule has 0 heterocycles. The molecule has 0 aromatic heterocycles. The molecule has 2 heteroatoms. The van der Waals surface area contributed by atoms with Crippen molar-refractivity contribution in [3.05, 3.63) is 66.0 Å². The van der Waals surface area contributed by atoms with Crippen molar-refractivity contribution in [2.45, 2.75) is 19.3 Å². The Morgan fingerprint density at radius 2 is 2.22 bits per heavy atom. The summed E-state index contributed by atoms with van der Waals surface area (Å²) in [5, 5.41) is 0. The van der Waals surface area contributed by atoms with Crippen molar-refractivity contribution in [1.29, 1.82) is 0 Å². The van der Waals surface area contributed by atoms with Gasteiger partial charge >= 0.3 is 0 Å². The number of rotatable bonds is 5. The summed E-state index contributed by atoms with van der Waals surface area (Å²) in [6.07, 6.45) is 10.8. The highest BCUT2D eigenvalue weighted by Gasteiger charge is 2.05. The van der Waals surface area contributed by atoms with Crippen LogP contribution >= 0.6 is 0 Å². The van der Waals surface area contributed by atoms with Gasteiger partial charge in [0.1, 0.15) is 6.61 Å². The molecule has 0 saturated carbocycles. The van der Waals surface area contributed by atoms with Crippen LogP contribution in [0.5, 0.6) is 5.75 Å². The third-order valence-electron chi connectivity index (χ3n) is 2.84. The van der Waals surface area contributed by atoms with Crippen molar-refractivity contribution in [3.8, 4) is 5.75 Å². The minimum Gasteiger partial charge on any atom is -0.486 e. The first-order chi connectivity index (χ1) is 8.79. The summed E-state index contributed by atoms with van der Waals surface area (Å²) in [5.74, 6) is -0.00238. The Morgan fingerprint density at radius 1 is 1.33 bits per heavy atom. The van der Waals surface area contributed by atoms with Crippen LogP contribution in [0.1, 0.15) is 18.4 Å². The first kappa shape index (κ1) is 12.6. The van der Waals surface area contributed by atoms with Gasteiger partial charge in [0.05, 0.1) is 0 Å². The molecular formula is C16H17FO. The Morgan fingerprint density at radius 3 is 2.89 bits per heavy atom. The number of hydrogen-bond donors (Lipinski definition) is 0. The van der Waals surface area contributed by atoms with Gasteiger partial charge in [0.15, 0.2) is 11.6 Å². The van der Waals surface area contributed by atoms with Crippen LogP contribution in [-0.2, 0) is 6.42 Å². The molecule has 0 fully saturated rings. The number of hydrogen-bond acceptors (Lipinski definition) is 1. The molecule has 1 aromatic rings.